The van der Waals surface area contributed by atoms with E-state index in [2.05, 4.69) is 203 Å². The van der Waals surface area contributed by atoms with Crippen molar-refractivity contribution in [3.63, 3.8) is 0 Å². The van der Waals surface area contributed by atoms with Gasteiger partial charge in [0.25, 0.3) is 0 Å². The second kappa shape index (κ2) is 18.7. The number of hydrogen-bond acceptors (Lipinski definition) is 2. The fourth-order valence-electron chi connectivity index (χ4n) is 9.46. The van der Waals surface area contributed by atoms with Crippen molar-refractivity contribution in [2.75, 3.05) is 28.3 Å². The summed E-state index contributed by atoms with van der Waals surface area (Å²) in [6.07, 6.45) is 0. The fourth-order valence-corrected chi connectivity index (χ4v) is 11.9. The maximum atomic E-state index is 14.8. The van der Waals surface area contributed by atoms with Gasteiger partial charge in [-0.25, -0.2) is 0 Å². The van der Waals surface area contributed by atoms with E-state index in [9.17, 15) is 5.11 Å². The van der Waals surface area contributed by atoms with Gasteiger partial charge >= 0.3 is 0 Å². The van der Waals surface area contributed by atoms with Crippen LogP contribution in [0.25, 0.3) is 76.5 Å². The number of ether oxygens (including phenoxy) is 1. The van der Waals surface area contributed by atoms with Crippen LogP contribution in [0.4, 0.5) is 0 Å². The van der Waals surface area contributed by atoms with E-state index in [4.69, 9.17) is 4.74 Å². The van der Waals surface area contributed by atoms with E-state index in [0.717, 1.165) is 71.0 Å². The topological polar surface area (TPSA) is 32.3 Å². The highest BCUT2D eigenvalue weighted by Gasteiger charge is 2.23. The smallest absolute Gasteiger partial charge is 0.135 e. The van der Waals surface area contributed by atoms with Gasteiger partial charge in [0.1, 0.15) is 12.3 Å². The summed E-state index contributed by atoms with van der Waals surface area (Å²) in [6.45, 7) is 1.04. The van der Waals surface area contributed by atoms with Crippen molar-refractivity contribution in [1.29, 1.82) is 0 Å². The summed E-state index contributed by atoms with van der Waals surface area (Å²) in [4.78, 5) is 0. The largest absolute Gasteiger partial charge is 0.872 e. The van der Waals surface area contributed by atoms with E-state index in [1.807, 2.05) is 48.5 Å². The van der Waals surface area contributed by atoms with Gasteiger partial charge in [0.15, 0.2) is 0 Å². The third-order valence-electron chi connectivity index (χ3n) is 12.5. The third kappa shape index (κ3) is 8.93. The number of nitrogens with zero attached hydrogens (tertiary/aromatic N) is 1. The lowest BCUT2D eigenvalue weighted by atomic mass is 9.86. The van der Waals surface area contributed by atoms with Crippen LogP contribution in [-0.2, 0) is 6.54 Å². The zero-order valence-corrected chi connectivity index (χ0v) is 39.3. The summed E-state index contributed by atoms with van der Waals surface area (Å²) < 4.78 is 7.21. The SMILES string of the molecule is COc1c(-c2ccc3ccccc3c2)cc2ccccc2c1-c1c([O-])c(-c2ccc3ccccc3c2)cc2ccccc12.C[N+](C)(C)Cc1ccccc1P(c1ccccc1)c1ccccc1. The predicted octanol–water partition coefficient (Wildman–Crippen LogP) is 14.0. The highest BCUT2D eigenvalue weighted by Crippen LogP contribution is 2.51. The molecule has 0 aromatic heterocycles. The molecule has 11 rings (SSSR count). The standard InChI is InChI=1S/C41H28O2.C22H25NP/c1-43-41-37(33-21-19-27-11-3-5-13-29(27)23-33)25-31-15-7-9-17-35(31)39(41)38-34-16-8-6-14-30(34)24-36(40(38)42)32-20-18-26-10-2-4-12-28(26)22-32;1-23(2,3)18-19-12-10-11-17-22(19)24(20-13-6-4-7-14-20)21-15-8-5-9-16-21/h2-25,42H,1H3;4-17H,18H2,1-3H3/q;+1/p-1. The van der Waals surface area contributed by atoms with Crippen molar-refractivity contribution in [2.45, 2.75) is 6.54 Å². The average molecular weight is 886 g/mol. The first-order valence-electron chi connectivity index (χ1n) is 22.8. The van der Waals surface area contributed by atoms with E-state index in [0.29, 0.717) is 16.9 Å². The van der Waals surface area contributed by atoms with Gasteiger partial charge in [-0.1, -0.05) is 212 Å². The molecule has 0 amide bonds. The van der Waals surface area contributed by atoms with Gasteiger partial charge in [-0.2, -0.15) is 0 Å². The molecule has 0 saturated heterocycles. The van der Waals surface area contributed by atoms with Gasteiger partial charge in [-0.05, 0) is 113 Å². The minimum atomic E-state index is -0.530. The van der Waals surface area contributed by atoms with Crippen LogP contribution in [0, 0.1) is 0 Å². The molecule has 0 heterocycles. The van der Waals surface area contributed by atoms with E-state index in [1.165, 1.54) is 26.9 Å². The third-order valence-corrected chi connectivity index (χ3v) is 15.0. The highest BCUT2D eigenvalue weighted by atomic mass is 31.1. The maximum Gasteiger partial charge on any atom is 0.135 e. The van der Waals surface area contributed by atoms with Crippen LogP contribution in [0.2, 0.25) is 0 Å². The lowest BCUT2D eigenvalue weighted by Gasteiger charge is -2.28. The Kier molecular flexibility index (Phi) is 12.1. The van der Waals surface area contributed by atoms with E-state index in [1.54, 1.807) is 7.11 Å². The van der Waals surface area contributed by atoms with Crippen LogP contribution < -0.4 is 25.8 Å². The van der Waals surface area contributed by atoms with E-state index in [-0.39, 0.29) is 5.75 Å². The summed E-state index contributed by atoms with van der Waals surface area (Å²) in [5, 5.41) is 27.7. The normalized spacial score (nSPS) is 11.5. The minimum absolute atomic E-state index is 0.00639. The number of fused-ring (bicyclic) bond motifs is 4. The fraction of sp³-hybridized carbons (Fsp3) is 0.0794. The number of benzene rings is 11. The number of quaternary nitrogens is 1. The summed E-state index contributed by atoms with van der Waals surface area (Å²) in [6, 6.07) is 80.8. The van der Waals surface area contributed by atoms with Gasteiger partial charge in [0, 0.05) is 16.7 Å². The van der Waals surface area contributed by atoms with Gasteiger partial charge < -0.3 is 14.3 Å². The lowest BCUT2D eigenvalue weighted by molar-refractivity contribution is -0.883. The van der Waals surface area contributed by atoms with E-state index < -0.39 is 7.92 Å². The molecule has 0 aliphatic rings. The Bertz CT molecular complexity index is 3500. The Hall–Kier alpha value is -7.55. The summed E-state index contributed by atoms with van der Waals surface area (Å²) in [5.74, 6) is 0.694. The summed E-state index contributed by atoms with van der Waals surface area (Å²) in [7, 11) is 7.94. The lowest BCUT2D eigenvalue weighted by Crippen LogP contribution is -2.36. The second-order valence-electron chi connectivity index (χ2n) is 18.1. The Morgan fingerprint density at radius 3 is 1.39 bits per heavy atom. The molecule has 326 valence electrons. The number of hydrogen-bond donors (Lipinski definition) is 0. The van der Waals surface area contributed by atoms with E-state index >= 15 is 0 Å². The Labute approximate surface area is 395 Å². The Morgan fingerprint density at radius 1 is 0.418 bits per heavy atom. The molecule has 0 unspecified atom stereocenters. The number of methoxy groups -OCH3 is 1. The first-order chi connectivity index (χ1) is 32.7. The molecule has 67 heavy (non-hydrogen) atoms. The van der Waals surface area contributed by atoms with Crippen LogP contribution >= 0.6 is 7.92 Å². The molecule has 0 saturated carbocycles. The van der Waals surface area contributed by atoms with Crippen LogP contribution in [0.5, 0.6) is 11.5 Å². The Morgan fingerprint density at radius 2 is 0.851 bits per heavy atom. The molecule has 0 N–H and O–H groups in total. The molecule has 3 nitrogen and oxygen atoms in total. The average Bonchev–Trinajstić information content (AvgIpc) is 3.36. The molecule has 4 heteroatoms. The summed E-state index contributed by atoms with van der Waals surface area (Å²) in [5.41, 5.74) is 6.53. The molecule has 0 aliphatic heterocycles. The van der Waals surface area contributed by atoms with Crippen molar-refractivity contribution in [3.8, 4) is 44.9 Å². The predicted molar refractivity (Wildman–Crippen MR) is 286 cm³/mol. The summed E-state index contributed by atoms with van der Waals surface area (Å²) >= 11 is 0. The zero-order valence-electron chi connectivity index (χ0n) is 38.4. The molecule has 0 atom stereocenters. The molecular weight excluding hydrogens is 834 g/mol. The van der Waals surface area contributed by atoms with Crippen molar-refractivity contribution < 1.29 is 14.3 Å². The molecule has 11 aromatic rings. The first-order valence-corrected chi connectivity index (χ1v) is 24.2. The maximum absolute atomic E-state index is 14.8. The molecule has 0 spiro atoms. The minimum Gasteiger partial charge on any atom is -0.872 e. The van der Waals surface area contributed by atoms with Crippen LogP contribution in [-0.4, -0.2) is 32.7 Å². The van der Waals surface area contributed by atoms with Crippen LogP contribution in [0.15, 0.2) is 231 Å². The second-order valence-corrected chi connectivity index (χ2v) is 20.3. The highest BCUT2D eigenvalue weighted by molar-refractivity contribution is 7.79. The van der Waals surface area contributed by atoms with Gasteiger partial charge in [0.05, 0.1) is 28.3 Å². The molecule has 0 radical (unpaired) electrons. The monoisotopic (exact) mass is 885 g/mol. The molecule has 0 bridgehead atoms. The van der Waals surface area contributed by atoms with Gasteiger partial charge in [-0.15, -0.1) is 0 Å². The Balaban J connectivity index is 0.000000186. The van der Waals surface area contributed by atoms with Crippen LogP contribution in [0.3, 0.4) is 0 Å². The van der Waals surface area contributed by atoms with Crippen LogP contribution in [0.1, 0.15) is 5.56 Å². The van der Waals surface area contributed by atoms with Gasteiger partial charge in [-0.3, -0.25) is 0 Å². The first kappa shape index (κ1) is 43.3. The molecular formula is C63H52NO2P. The van der Waals surface area contributed by atoms with Crippen molar-refractivity contribution in [2.24, 2.45) is 0 Å². The quantitative estimate of drug-likeness (QED) is 0.107. The van der Waals surface area contributed by atoms with Crippen molar-refractivity contribution >= 4 is 66.9 Å². The van der Waals surface area contributed by atoms with Crippen molar-refractivity contribution in [1.82, 2.24) is 0 Å². The number of rotatable bonds is 9. The van der Waals surface area contributed by atoms with Crippen molar-refractivity contribution in [3.05, 3.63) is 236 Å². The molecule has 0 fully saturated rings. The zero-order chi connectivity index (χ0) is 45.9. The molecule has 11 aromatic carbocycles. The molecule has 0 aliphatic carbocycles. The van der Waals surface area contributed by atoms with Gasteiger partial charge in [0.2, 0.25) is 0 Å².